The van der Waals surface area contributed by atoms with Crippen molar-refractivity contribution in [3.63, 3.8) is 0 Å². The Hall–Kier alpha value is -1.13. The van der Waals surface area contributed by atoms with Gasteiger partial charge in [-0.15, -0.1) is 0 Å². The van der Waals surface area contributed by atoms with Gasteiger partial charge in [0, 0.05) is 32.4 Å². The van der Waals surface area contributed by atoms with Gasteiger partial charge in [0.2, 0.25) is 0 Å². The molecule has 4 nitrogen and oxygen atoms in total. The summed E-state index contributed by atoms with van der Waals surface area (Å²) in [6.07, 6.45) is 1.34. The molecule has 0 bridgehead atoms. The molecule has 4 heteroatoms. The predicted octanol–water partition coefficient (Wildman–Crippen LogP) is 0.544. The third-order valence-corrected chi connectivity index (χ3v) is 2.69. The number of piperazine rings is 1. The number of nitrogens with zero attached hydrogens (tertiary/aromatic N) is 2. The van der Waals surface area contributed by atoms with Crippen molar-refractivity contribution in [2.45, 2.75) is 13.0 Å². The average Bonchev–Trinajstić information content (AvgIpc) is 2.30. The summed E-state index contributed by atoms with van der Waals surface area (Å²) in [6, 6.07) is 3.83. The van der Waals surface area contributed by atoms with Gasteiger partial charge in [-0.05, 0) is 24.6 Å². The summed E-state index contributed by atoms with van der Waals surface area (Å²) in [7, 11) is 0. The maximum Gasteiger partial charge on any atom is 0.128 e. The van der Waals surface area contributed by atoms with Gasteiger partial charge in [-0.1, -0.05) is 0 Å². The minimum Gasteiger partial charge on any atom is -0.389 e. The number of hydrogen-bond acceptors (Lipinski definition) is 4. The topological polar surface area (TPSA) is 48.4 Å². The van der Waals surface area contributed by atoms with E-state index in [-0.39, 0.29) is 0 Å². The molecule has 1 fully saturated rings. The Kier molecular flexibility index (Phi) is 3.18. The number of hydrogen-bond donors (Lipinski definition) is 2. The minimum atomic E-state index is -0.422. The fraction of sp³-hybridized carbons (Fsp3) is 0.545. The molecule has 2 N–H and O–H groups in total. The maximum absolute atomic E-state index is 9.49. The van der Waals surface area contributed by atoms with Crippen molar-refractivity contribution in [1.29, 1.82) is 0 Å². The van der Waals surface area contributed by atoms with Crippen LogP contribution in [0.2, 0.25) is 0 Å². The zero-order valence-corrected chi connectivity index (χ0v) is 8.98. The second-order valence-corrected chi connectivity index (χ2v) is 3.86. The van der Waals surface area contributed by atoms with Crippen molar-refractivity contribution >= 4 is 5.82 Å². The van der Waals surface area contributed by atoms with Crippen LogP contribution >= 0.6 is 0 Å². The van der Waals surface area contributed by atoms with Gasteiger partial charge in [-0.2, -0.15) is 0 Å². The van der Waals surface area contributed by atoms with Crippen molar-refractivity contribution < 1.29 is 5.11 Å². The molecule has 0 aromatic carbocycles. The summed E-state index contributed by atoms with van der Waals surface area (Å²) >= 11 is 0. The van der Waals surface area contributed by atoms with Crippen molar-refractivity contribution in [3.8, 4) is 0 Å². The largest absolute Gasteiger partial charge is 0.389 e. The van der Waals surface area contributed by atoms with Crippen LogP contribution in [0.15, 0.2) is 18.3 Å². The first kappa shape index (κ1) is 10.4. The highest BCUT2D eigenvalue weighted by Crippen LogP contribution is 2.17. The zero-order chi connectivity index (χ0) is 10.7. The van der Waals surface area contributed by atoms with Gasteiger partial charge in [-0.25, -0.2) is 4.98 Å². The molecule has 0 unspecified atom stereocenters. The summed E-state index contributed by atoms with van der Waals surface area (Å²) < 4.78 is 0. The Morgan fingerprint density at radius 2 is 2.20 bits per heavy atom. The van der Waals surface area contributed by atoms with Crippen molar-refractivity contribution in [3.05, 3.63) is 23.9 Å². The SMILES string of the molecule is C[C@@H](O)c1ccnc(N2CCNCC2)c1. The molecule has 0 saturated carbocycles. The van der Waals surface area contributed by atoms with Gasteiger partial charge in [0.25, 0.3) is 0 Å². The molecule has 15 heavy (non-hydrogen) atoms. The summed E-state index contributed by atoms with van der Waals surface area (Å²) in [4.78, 5) is 6.57. The highest BCUT2D eigenvalue weighted by atomic mass is 16.3. The first-order chi connectivity index (χ1) is 7.27. The number of rotatable bonds is 2. The lowest BCUT2D eigenvalue weighted by Crippen LogP contribution is -2.43. The quantitative estimate of drug-likeness (QED) is 0.743. The number of aliphatic hydroxyl groups excluding tert-OH is 1. The maximum atomic E-state index is 9.49. The zero-order valence-electron chi connectivity index (χ0n) is 8.98. The van der Waals surface area contributed by atoms with Gasteiger partial charge >= 0.3 is 0 Å². The van der Waals surface area contributed by atoms with E-state index in [0.29, 0.717) is 0 Å². The van der Waals surface area contributed by atoms with E-state index in [0.717, 1.165) is 37.6 Å². The highest BCUT2D eigenvalue weighted by molar-refractivity contribution is 5.42. The number of pyridine rings is 1. The van der Waals surface area contributed by atoms with Crippen molar-refractivity contribution in [1.82, 2.24) is 10.3 Å². The van der Waals surface area contributed by atoms with E-state index in [1.165, 1.54) is 0 Å². The molecule has 1 atom stereocenters. The lowest BCUT2D eigenvalue weighted by Gasteiger charge is -2.28. The van der Waals surface area contributed by atoms with Gasteiger partial charge in [0.05, 0.1) is 6.10 Å². The fourth-order valence-corrected chi connectivity index (χ4v) is 1.76. The van der Waals surface area contributed by atoms with Crippen molar-refractivity contribution in [2.24, 2.45) is 0 Å². The summed E-state index contributed by atoms with van der Waals surface area (Å²) in [6.45, 7) is 5.74. The number of nitrogens with one attached hydrogen (secondary N) is 1. The molecule has 82 valence electrons. The normalized spacial score (nSPS) is 18.9. The van der Waals surface area contributed by atoms with Crippen LogP contribution in [-0.4, -0.2) is 36.3 Å². The smallest absolute Gasteiger partial charge is 0.128 e. The van der Waals surface area contributed by atoms with E-state index in [1.807, 2.05) is 12.1 Å². The Morgan fingerprint density at radius 3 is 2.87 bits per heavy atom. The number of aromatic nitrogens is 1. The van der Waals surface area contributed by atoms with E-state index >= 15 is 0 Å². The molecule has 1 aliphatic rings. The van der Waals surface area contributed by atoms with Gasteiger partial charge < -0.3 is 15.3 Å². The Labute approximate surface area is 89.9 Å². The molecular weight excluding hydrogens is 190 g/mol. The standard InChI is InChI=1S/C11H17N3O/c1-9(15)10-2-3-13-11(8-10)14-6-4-12-5-7-14/h2-3,8-9,12,15H,4-7H2,1H3/t9-/m1/s1. The first-order valence-electron chi connectivity index (χ1n) is 5.37. The molecule has 0 radical (unpaired) electrons. The summed E-state index contributed by atoms with van der Waals surface area (Å²) in [5.41, 5.74) is 0.929. The first-order valence-corrected chi connectivity index (χ1v) is 5.37. The van der Waals surface area contributed by atoms with E-state index in [9.17, 15) is 5.11 Å². The number of anilines is 1. The third-order valence-electron chi connectivity index (χ3n) is 2.69. The lowest BCUT2D eigenvalue weighted by molar-refractivity contribution is 0.199. The molecule has 1 aliphatic heterocycles. The molecule has 0 amide bonds. The fourth-order valence-electron chi connectivity index (χ4n) is 1.76. The van der Waals surface area contributed by atoms with Crippen molar-refractivity contribution in [2.75, 3.05) is 31.1 Å². The van der Waals surface area contributed by atoms with Crippen LogP contribution in [-0.2, 0) is 0 Å². The average molecular weight is 207 g/mol. The second kappa shape index (κ2) is 4.59. The highest BCUT2D eigenvalue weighted by Gasteiger charge is 2.12. The van der Waals surface area contributed by atoms with E-state index in [2.05, 4.69) is 15.2 Å². The van der Waals surface area contributed by atoms with Crippen LogP contribution in [0.5, 0.6) is 0 Å². The van der Waals surface area contributed by atoms with Crippen LogP contribution in [0.25, 0.3) is 0 Å². The molecule has 2 heterocycles. The van der Waals surface area contributed by atoms with Gasteiger partial charge in [0.15, 0.2) is 0 Å². The molecule has 0 spiro atoms. The second-order valence-electron chi connectivity index (χ2n) is 3.86. The molecule has 1 aromatic heterocycles. The monoisotopic (exact) mass is 207 g/mol. The van der Waals surface area contributed by atoms with E-state index < -0.39 is 6.10 Å². The predicted molar refractivity (Wildman–Crippen MR) is 60.0 cm³/mol. The molecule has 1 aromatic rings. The minimum absolute atomic E-state index is 0.422. The number of aliphatic hydroxyl groups is 1. The lowest BCUT2D eigenvalue weighted by atomic mass is 10.1. The van der Waals surface area contributed by atoms with Crippen LogP contribution < -0.4 is 10.2 Å². The molecular formula is C11H17N3O. The Morgan fingerprint density at radius 1 is 1.47 bits per heavy atom. The molecule has 2 rings (SSSR count). The summed E-state index contributed by atoms with van der Waals surface area (Å²) in [5, 5.41) is 12.8. The molecule has 0 aliphatic carbocycles. The Bertz CT molecular complexity index is 321. The van der Waals surface area contributed by atoms with Crippen LogP contribution in [0.4, 0.5) is 5.82 Å². The van der Waals surface area contributed by atoms with E-state index in [1.54, 1.807) is 13.1 Å². The van der Waals surface area contributed by atoms with Crippen LogP contribution in [0.3, 0.4) is 0 Å². The van der Waals surface area contributed by atoms with E-state index in [4.69, 9.17) is 0 Å². The summed E-state index contributed by atoms with van der Waals surface area (Å²) in [5.74, 6) is 0.968. The van der Waals surface area contributed by atoms with Crippen LogP contribution in [0, 0.1) is 0 Å². The van der Waals surface area contributed by atoms with Gasteiger partial charge in [0.1, 0.15) is 5.82 Å². The third kappa shape index (κ3) is 2.46. The van der Waals surface area contributed by atoms with Gasteiger partial charge in [-0.3, -0.25) is 0 Å². The Balaban J connectivity index is 2.16. The van der Waals surface area contributed by atoms with Crippen LogP contribution in [0.1, 0.15) is 18.6 Å². The molecule has 1 saturated heterocycles.